The summed E-state index contributed by atoms with van der Waals surface area (Å²) in [5.41, 5.74) is 0. The molecule has 1 rings (SSSR count). The van der Waals surface area contributed by atoms with Crippen LogP contribution in [0, 0.1) is 10.1 Å². The quantitative estimate of drug-likeness (QED) is 0.456. The van der Waals surface area contributed by atoms with Gasteiger partial charge in [-0.3, -0.25) is 0 Å². The normalized spacial score (nSPS) is 12.2. The Hall–Kier alpha value is -0.617. The van der Waals surface area contributed by atoms with E-state index in [1.807, 2.05) is 6.07 Å². The van der Waals surface area contributed by atoms with E-state index in [-0.39, 0.29) is 0 Å². The van der Waals surface area contributed by atoms with Gasteiger partial charge in [0.15, 0.2) is 0 Å². The second-order valence-corrected chi connectivity index (χ2v) is 17.0. The Kier molecular flexibility index (Phi) is 5.40. The molecule has 0 unspecified atom stereocenters. The minimum atomic E-state index is -1.86. The summed E-state index contributed by atoms with van der Waals surface area (Å²) in [6.45, 7) is 6.87. The third-order valence-electron chi connectivity index (χ3n) is 3.54. The average Bonchev–Trinajstić information content (AvgIpc) is 2.79. The van der Waals surface area contributed by atoms with Crippen molar-refractivity contribution in [2.75, 3.05) is 0 Å². The van der Waals surface area contributed by atoms with Gasteiger partial charge in [-0.05, 0) is 0 Å². The zero-order chi connectivity index (χ0) is 12.9. The molecule has 5 heteroatoms. The molecule has 94 valence electrons. The number of nitro groups is 1. The van der Waals surface area contributed by atoms with Gasteiger partial charge in [-0.25, -0.2) is 0 Å². The molecule has 0 amide bonds. The molecule has 0 aliphatic heterocycles. The Bertz CT molecular complexity index is 402. The summed E-state index contributed by atoms with van der Waals surface area (Å²) in [6, 6.07) is 4.21. The van der Waals surface area contributed by atoms with Crippen molar-refractivity contribution in [3.8, 4) is 0 Å². The summed E-state index contributed by atoms with van der Waals surface area (Å²) >= 11 is -0.111. The Balaban J connectivity index is 2.96. The molecule has 0 atom stereocenters. The van der Waals surface area contributed by atoms with Gasteiger partial charge in [0.2, 0.25) is 0 Å². The van der Waals surface area contributed by atoms with Crippen LogP contribution in [-0.2, 0) is 0 Å². The molecule has 3 nitrogen and oxygen atoms in total. The van der Waals surface area contributed by atoms with E-state index in [0.29, 0.717) is 0 Å². The summed E-state index contributed by atoms with van der Waals surface area (Å²) in [7, 11) is 0. The van der Waals surface area contributed by atoms with Crippen molar-refractivity contribution in [2.24, 2.45) is 0 Å². The molecular formula is C12H19GeNO2S. The zero-order valence-electron chi connectivity index (χ0n) is 10.6. The average molecular weight is 314 g/mol. The number of thiophene rings is 1. The van der Waals surface area contributed by atoms with Gasteiger partial charge in [-0.15, -0.1) is 0 Å². The fourth-order valence-electron chi connectivity index (χ4n) is 2.13. The van der Waals surface area contributed by atoms with E-state index >= 15 is 0 Å². The van der Waals surface area contributed by atoms with Gasteiger partial charge >= 0.3 is 109 Å². The van der Waals surface area contributed by atoms with E-state index in [1.54, 1.807) is 17.4 Å². The molecule has 17 heavy (non-hydrogen) atoms. The molecule has 0 aromatic carbocycles. The summed E-state index contributed by atoms with van der Waals surface area (Å²) in [5, 5.41) is 14.2. The van der Waals surface area contributed by atoms with Crippen molar-refractivity contribution in [3.63, 3.8) is 0 Å². The third kappa shape index (κ3) is 3.42. The molecular weight excluding hydrogens is 295 g/mol. The van der Waals surface area contributed by atoms with Crippen molar-refractivity contribution in [3.05, 3.63) is 33.3 Å². The van der Waals surface area contributed by atoms with Crippen LogP contribution in [0.4, 0.5) is 0 Å². The molecule has 0 radical (unpaired) electrons. The van der Waals surface area contributed by atoms with E-state index < -0.39 is 18.2 Å². The van der Waals surface area contributed by atoms with Crippen molar-refractivity contribution in [1.82, 2.24) is 0 Å². The van der Waals surface area contributed by atoms with Crippen molar-refractivity contribution in [2.45, 2.75) is 36.5 Å². The van der Waals surface area contributed by atoms with Crippen molar-refractivity contribution < 1.29 is 4.92 Å². The van der Waals surface area contributed by atoms with Crippen LogP contribution < -0.4 is 3.71 Å². The number of rotatable bonds is 6. The monoisotopic (exact) mass is 315 g/mol. The Morgan fingerprint density at radius 1 is 1.29 bits per heavy atom. The Morgan fingerprint density at radius 2 is 1.88 bits per heavy atom. The Morgan fingerprint density at radius 3 is 2.35 bits per heavy atom. The number of nitrogens with zero attached hydrogens (tertiary/aromatic N) is 1. The zero-order valence-corrected chi connectivity index (χ0v) is 13.5. The third-order valence-corrected chi connectivity index (χ3v) is 18.4. The minimum absolute atomic E-state index is 0.409. The summed E-state index contributed by atoms with van der Waals surface area (Å²) in [6.07, 6.45) is 2.62. The fraction of sp³-hybridized carbons (Fsp3) is 0.500. The summed E-state index contributed by atoms with van der Waals surface area (Å²) in [4.78, 5) is 10.9. The molecule has 0 aliphatic rings. The number of hydrogen-bond acceptors (Lipinski definition) is 3. The van der Waals surface area contributed by atoms with Gasteiger partial charge in [0.1, 0.15) is 0 Å². The van der Waals surface area contributed by atoms with Gasteiger partial charge in [0.25, 0.3) is 0 Å². The van der Waals surface area contributed by atoms with E-state index in [4.69, 9.17) is 0 Å². The molecule has 0 aliphatic carbocycles. The van der Waals surface area contributed by atoms with Gasteiger partial charge in [-0.2, -0.15) is 0 Å². The summed E-state index contributed by atoms with van der Waals surface area (Å²) < 4.78 is 1.53. The first-order chi connectivity index (χ1) is 8.07. The molecule has 1 aromatic heterocycles. The van der Waals surface area contributed by atoms with Crippen LogP contribution in [0.15, 0.2) is 18.3 Å². The first-order valence-electron chi connectivity index (χ1n) is 6.00. The molecule has 0 N–H and O–H groups in total. The fourth-order valence-corrected chi connectivity index (χ4v) is 13.6. The van der Waals surface area contributed by atoms with Crippen LogP contribution >= 0.6 is 11.3 Å². The van der Waals surface area contributed by atoms with Gasteiger partial charge in [-0.1, -0.05) is 0 Å². The number of hydrogen-bond donors (Lipinski definition) is 0. The maximum absolute atomic E-state index is 10.3. The van der Waals surface area contributed by atoms with Gasteiger partial charge in [0, 0.05) is 0 Å². The Labute approximate surface area is 109 Å². The second-order valence-electron chi connectivity index (χ2n) is 4.14. The van der Waals surface area contributed by atoms with Crippen LogP contribution in [-0.4, -0.2) is 18.2 Å². The predicted octanol–water partition coefficient (Wildman–Crippen LogP) is 3.71. The molecule has 0 spiro atoms. The molecule has 0 saturated carbocycles. The molecule has 0 saturated heterocycles. The molecule has 0 bridgehead atoms. The van der Waals surface area contributed by atoms with Crippen molar-refractivity contribution in [1.29, 1.82) is 0 Å². The second kappa shape index (κ2) is 6.35. The van der Waals surface area contributed by atoms with Crippen LogP contribution in [0.1, 0.15) is 25.6 Å². The van der Waals surface area contributed by atoms with E-state index in [2.05, 4.69) is 26.8 Å². The molecule has 1 aromatic rings. The van der Waals surface area contributed by atoms with Crippen LogP contribution in [0.3, 0.4) is 0 Å². The van der Waals surface area contributed by atoms with Gasteiger partial charge < -0.3 is 0 Å². The van der Waals surface area contributed by atoms with Crippen LogP contribution in [0.5, 0.6) is 0 Å². The van der Waals surface area contributed by atoms with Crippen molar-refractivity contribution >= 4 is 34.4 Å². The first kappa shape index (κ1) is 14.4. The maximum atomic E-state index is 10.3. The standard InChI is InChI=1S/C12H19GeNO2S/c1-4-13(5-2,6-3)12-8-7-11(17-12)9-10-14(15)16/h7-10H,4-6H2,1-3H3/b10-9+. The van der Waals surface area contributed by atoms with E-state index in [0.717, 1.165) is 11.1 Å². The summed E-state index contributed by atoms with van der Waals surface area (Å²) in [5.74, 6) is 0. The van der Waals surface area contributed by atoms with Gasteiger partial charge in [0.05, 0.1) is 0 Å². The topological polar surface area (TPSA) is 43.1 Å². The molecule has 0 fully saturated rings. The van der Waals surface area contributed by atoms with Crippen LogP contribution in [0.2, 0.25) is 15.8 Å². The SMILES string of the molecule is C[CH2][Ge]([CH2]C)([CH2]C)[c]1ccc(/C=C/[N+](=O)[O-])s1. The van der Waals surface area contributed by atoms with E-state index in [9.17, 15) is 10.1 Å². The van der Waals surface area contributed by atoms with E-state index in [1.165, 1.54) is 19.5 Å². The van der Waals surface area contributed by atoms with Crippen LogP contribution in [0.25, 0.3) is 6.08 Å². The predicted molar refractivity (Wildman–Crippen MR) is 77.2 cm³/mol. The molecule has 1 heterocycles. The first-order valence-corrected chi connectivity index (χ1v) is 12.3.